The lowest BCUT2D eigenvalue weighted by atomic mass is 10.7. The molecule has 0 aliphatic heterocycles. The Balaban J connectivity index is 2.38. The first-order valence-electron chi connectivity index (χ1n) is 2.54. The topological polar surface area (TPSA) is 39.9 Å². The lowest BCUT2D eigenvalue weighted by Crippen LogP contribution is -2.11. The molecule has 0 amide bonds. The molecule has 4 heteroatoms. The summed E-state index contributed by atoms with van der Waals surface area (Å²) in [4.78, 5) is 6.20. The van der Waals surface area contributed by atoms with Crippen molar-refractivity contribution in [2.75, 3.05) is 6.61 Å². The molecule has 1 rings (SSSR count). The van der Waals surface area contributed by atoms with Gasteiger partial charge in [-0.2, -0.15) is 0 Å². The Bertz CT molecular complexity index is 170. The van der Waals surface area contributed by atoms with Gasteiger partial charge in [0.05, 0.1) is 12.4 Å². The first-order valence-corrected chi connectivity index (χ1v) is 2.54. The highest BCUT2D eigenvalue weighted by Gasteiger charge is 1.84. The second-order valence-corrected chi connectivity index (χ2v) is 1.39. The van der Waals surface area contributed by atoms with E-state index < -0.39 is 0 Å². The van der Waals surface area contributed by atoms with Gasteiger partial charge in [-0.1, -0.05) is 17.5 Å². The second kappa shape index (κ2) is 2.86. The van der Waals surface area contributed by atoms with Crippen LogP contribution >= 0.6 is 0 Å². The summed E-state index contributed by atoms with van der Waals surface area (Å²) in [6.45, 7) is 3.92. The first kappa shape index (κ1) is 5.81. The lowest BCUT2D eigenvalue weighted by Gasteiger charge is -1.96. The van der Waals surface area contributed by atoms with E-state index >= 15 is 0 Å². The van der Waals surface area contributed by atoms with Crippen molar-refractivity contribution in [2.45, 2.75) is 0 Å². The molecule has 1 heterocycles. The molecule has 48 valence electrons. The maximum atomic E-state index is 4.92. The smallest absolute Gasteiger partial charge is 0.135 e. The van der Waals surface area contributed by atoms with Crippen LogP contribution < -0.4 is 4.84 Å². The Morgan fingerprint density at radius 3 is 3.22 bits per heavy atom. The maximum Gasteiger partial charge on any atom is 0.135 e. The van der Waals surface area contributed by atoms with E-state index in [1.54, 1.807) is 18.5 Å². The molecular formula is C5H7N3O. The third-order valence-electron chi connectivity index (χ3n) is 0.725. The van der Waals surface area contributed by atoms with Gasteiger partial charge in [0.25, 0.3) is 0 Å². The lowest BCUT2D eigenvalue weighted by molar-refractivity contribution is 0.100. The van der Waals surface area contributed by atoms with Crippen LogP contribution in [0.2, 0.25) is 0 Å². The van der Waals surface area contributed by atoms with Crippen LogP contribution in [0.4, 0.5) is 0 Å². The fraction of sp³-hybridized carbons (Fsp3) is 0.200. The monoisotopic (exact) mass is 125 g/mol. The quantitative estimate of drug-likeness (QED) is 0.529. The zero-order chi connectivity index (χ0) is 6.53. The summed E-state index contributed by atoms with van der Waals surface area (Å²) in [5.41, 5.74) is 0. The Morgan fingerprint density at radius 2 is 2.67 bits per heavy atom. The van der Waals surface area contributed by atoms with Gasteiger partial charge in [0.15, 0.2) is 0 Å². The van der Waals surface area contributed by atoms with Crippen LogP contribution in [0, 0.1) is 0 Å². The van der Waals surface area contributed by atoms with Crippen LogP contribution in [-0.2, 0) is 0 Å². The van der Waals surface area contributed by atoms with Crippen LogP contribution in [0.25, 0.3) is 0 Å². The molecule has 0 atom stereocenters. The van der Waals surface area contributed by atoms with Gasteiger partial charge in [-0.05, 0) is 5.21 Å². The molecule has 0 aromatic carbocycles. The second-order valence-electron chi connectivity index (χ2n) is 1.39. The van der Waals surface area contributed by atoms with Crippen LogP contribution in [-0.4, -0.2) is 21.8 Å². The molecule has 0 aliphatic carbocycles. The summed E-state index contributed by atoms with van der Waals surface area (Å²) in [6.07, 6.45) is 4.80. The minimum Gasteiger partial charge on any atom is -0.391 e. The first-order chi connectivity index (χ1) is 4.43. The number of rotatable bonds is 3. The van der Waals surface area contributed by atoms with Gasteiger partial charge in [0.2, 0.25) is 0 Å². The fourth-order valence-corrected chi connectivity index (χ4v) is 0.395. The summed E-state index contributed by atoms with van der Waals surface area (Å²) < 4.78 is 0. The number of nitrogens with zero attached hydrogens (tertiary/aromatic N) is 3. The van der Waals surface area contributed by atoms with Gasteiger partial charge in [-0.15, -0.1) is 5.10 Å². The predicted octanol–water partition coefficient (Wildman–Crippen LogP) is -0.107. The van der Waals surface area contributed by atoms with Crippen molar-refractivity contribution in [3.05, 3.63) is 25.0 Å². The van der Waals surface area contributed by atoms with Gasteiger partial charge >= 0.3 is 0 Å². The van der Waals surface area contributed by atoms with E-state index in [-0.39, 0.29) is 0 Å². The van der Waals surface area contributed by atoms with Crippen molar-refractivity contribution in [1.82, 2.24) is 15.2 Å². The highest BCUT2D eigenvalue weighted by molar-refractivity contribution is 4.65. The van der Waals surface area contributed by atoms with E-state index in [1.165, 1.54) is 4.85 Å². The fourth-order valence-electron chi connectivity index (χ4n) is 0.395. The standard InChI is InChI=1S/C5H7N3O/c1-2-5-9-8-4-3-6-7-8/h2-4H,1,5H2. The minimum atomic E-state index is 0.448. The van der Waals surface area contributed by atoms with Crippen molar-refractivity contribution in [3.63, 3.8) is 0 Å². The molecule has 0 aliphatic rings. The van der Waals surface area contributed by atoms with E-state index in [0.717, 1.165) is 0 Å². The molecule has 0 bridgehead atoms. The molecule has 0 N–H and O–H groups in total. The third-order valence-corrected chi connectivity index (χ3v) is 0.725. The van der Waals surface area contributed by atoms with Crippen LogP contribution in [0.5, 0.6) is 0 Å². The largest absolute Gasteiger partial charge is 0.391 e. The van der Waals surface area contributed by atoms with E-state index in [2.05, 4.69) is 16.9 Å². The van der Waals surface area contributed by atoms with Crippen molar-refractivity contribution in [3.8, 4) is 0 Å². The Hall–Kier alpha value is -1.32. The van der Waals surface area contributed by atoms with E-state index in [9.17, 15) is 0 Å². The Labute approximate surface area is 52.7 Å². The number of hydrogen-bond acceptors (Lipinski definition) is 3. The zero-order valence-electron chi connectivity index (χ0n) is 4.90. The summed E-state index contributed by atoms with van der Waals surface area (Å²) in [5, 5.41) is 7.08. The third kappa shape index (κ3) is 1.56. The molecule has 0 radical (unpaired) electrons. The molecule has 0 fully saturated rings. The molecule has 1 aromatic rings. The predicted molar refractivity (Wildman–Crippen MR) is 31.7 cm³/mol. The molecule has 4 nitrogen and oxygen atoms in total. The highest BCUT2D eigenvalue weighted by atomic mass is 16.7. The van der Waals surface area contributed by atoms with Gasteiger partial charge < -0.3 is 4.84 Å². The van der Waals surface area contributed by atoms with Crippen molar-refractivity contribution in [1.29, 1.82) is 0 Å². The summed E-state index contributed by atoms with van der Waals surface area (Å²) in [7, 11) is 0. The average Bonchev–Trinajstić information content (AvgIpc) is 2.34. The van der Waals surface area contributed by atoms with Gasteiger partial charge in [-0.25, -0.2) is 0 Å². The maximum absolute atomic E-state index is 4.92. The van der Waals surface area contributed by atoms with E-state index in [0.29, 0.717) is 6.61 Å². The van der Waals surface area contributed by atoms with Gasteiger partial charge in [0, 0.05) is 0 Å². The molecule has 1 aromatic heterocycles. The zero-order valence-corrected chi connectivity index (χ0v) is 4.90. The van der Waals surface area contributed by atoms with Crippen molar-refractivity contribution >= 4 is 0 Å². The average molecular weight is 125 g/mol. The number of hydrogen-bond donors (Lipinski definition) is 0. The number of aromatic nitrogens is 3. The normalized spacial score (nSPS) is 8.89. The molecule has 0 saturated heterocycles. The van der Waals surface area contributed by atoms with E-state index in [1.807, 2.05) is 0 Å². The molecule has 0 unspecified atom stereocenters. The van der Waals surface area contributed by atoms with Gasteiger partial charge in [-0.3, -0.25) is 0 Å². The van der Waals surface area contributed by atoms with Crippen molar-refractivity contribution < 1.29 is 4.84 Å². The minimum absolute atomic E-state index is 0.448. The Morgan fingerprint density at radius 1 is 1.78 bits per heavy atom. The van der Waals surface area contributed by atoms with E-state index in [4.69, 9.17) is 4.84 Å². The summed E-state index contributed by atoms with van der Waals surface area (Å²) in [6, 6.07) is 0. The molecule has 0 saturated carbocycles. The SMILES string of the molecule is C=CCOn1ccnn1. The Kier molecular flexibility index (Phi) is 1.85. The summed E-state index contributed by atoms with van der Waals surface area (Å²) >= 11 is 0. The van der Waals surface area contributed by atoms with Crippen molar-refractivity contribution in [2.24, 2.45) is 0 Å². The molecule has 0 spiro atoms. The summed E-state index contributed by atoms with van der Waals surface area (Å²) in [5.74, 6) is 0. The van der Waals surface area contributed by atoms with Crippen LogP contribution in [0.3, 0.4) is 0 Å². The highest BCUT2D eigenvalue weighted by Crippen LogP contribution is 1.73. The van der Waals surface area contributed by atoms with Crippen LogP contribution in [0.1, 0.15) is 0 Å². The molecule has 9 heavy (non-hydrogen) atoms. The molecular weight excluding hydrogens is 118 g/mol. The van der Waals surface area contributed by atoms with Gasteiger partial charge in [0.1, 0.15) is 6.61 Å². The van der Waals surface area contributed by atoms with Crippen LogP contribution in [0.15, 0.2) is 25.0 Å².